The van der Waals surface area contributed by atoms with Crippen molar-refractivity contribution in [2.75, 3.05) is 0 Å². The number of aliphatic imine (C=N–C) groups is 1. The molecule has 0 amide bonds. The second kappa shape index (κ2) is 6.19. The van der Waals surface area contributed by atoms with E-state index in [4.69, 9.17) is 27.9 Å². The number of ether oxygens (including phenoxy) is 1. The number of carbonyl (C=O) groups is 1. The zero-order valence-electron chi connectivity index (χ0n) is 12.6. The third-order valence-corrected chi connectivity index (χ3v) is 4.19. The highest BCUT2D eigenvalue weighted by Crippen LogP contribution is 2.26. The fourth-order valence-electron chi connectivity index (χ4n) is 2.17. The van der Waals surface area contributed by atoms with Crippen LogP contribution >= 0.6 is 23.2 Å². The molecule has 0 saturated carbocycles. The molecule has 0 spiro atoms. The fourth-order valence-corrected chi connectivity index (χ4v) is 2.64. The van der Waals surface area contributed by atoms with Gasteiger partial charge in [0.2, 0.25) is 5.90 Å². The topological polar surface area (TPSA) is 38.7 Å². The van der Waals surface area contributed by atoms with Crippen LogP contribution in [-0.4, -0.2) is 11.9 Å². The second-order valence-electron chi connectivity index (χ2n) is 5.30. The number of carbonyl (C=O) groups excluding carboxylic acids is 1. The van der Waals surface area contributed by atoms with Crippen molar-refractivity contribution in [2.45, 2.75) is 13.8 Å². The van der Waals surface area contributed by atoms with Gasteiger partial charge >= 0.3 is 5.97 Å². The van der Waals surface area contributed by atoms with Gasteiger partial charge in [-0.15, -0.1) is 0 Å². The van der Waals surface area contributed by atoms with Gasteiger partial charge in [0.1, 0.15) is 0 Å². The molecule has 2 aromatic rings. The van der Waals surface area contributed by atoms with Crippen LogP contribution in [0.1, 0.15) is 22.3 Å². The predicted molar refractivity (Wildman–Crippen MR) is 93.0 cm³/mol. The first-order chi connectivity index (χ1) is 10.9. The van der Waals surface area contributed by atoms with Gasteiger partial charge in [-0.3, -0.25) is 0 Å². The molecule has 1 aliphatic heterocycles. The van der Waals surface area contributed by atoms with Crippen molar-refractivity contribution in [3.63, 3.8) is 0 Å². The summed E-state index contributed by atoms with van der Waals surface area (Å²) < 4.78 is 5.26. The van der Waals surface area contributed by atoms with Crippen molar-refractivity contribution in [1.29, 1.82) is 0 Å². The molecule has 0 saturated heterocycles. The molecule has 116 valence electrons. The van der Waals surface area contributed by atoms with E-state index in [0.29, 0.717) is 21.5 Å². The Morgan fingerprint density at radius 1 is 1.04 bits per heavy atom. The van der Waals surface area contributed by atoms with Crippen LogP contribution in [0.15, 0.2) is 47.1 Å². The highest BCUT2D eigenvalue weighted by molar-refractivity contribution is 6.35. The number of halogens is 2. The van der Waals surface area contributed by atoms with Crippen molar-refractivity contribution in [2.24, 2.45) is 4.99 Å². The maximum atomic E-state index is 12.0. The lowest BCUT2D eigenvalue weighted by atomic mass is 10.1. The smallest absolute Gasteiger partial charge is 0.363 e. The molecule has 5 heteroatoms. The summed E-state index contributed by atoms with van der Waals surface area (Å²) >= 11 is 12.0. The third-order valence-electron chi connectivity index (χ3n) is 3.63. The van der Waals surface area contributed by atoms with Crippen LogP contribution in [0.2, 0.25) is 10.0 Å². The minimum Gasteiger partial charge on any atom is -0.402 e. The monoisotopic (exact) mass is 345 g/mol. The van der Waals surface area contributed by atoms with Crippen LogP contribution in [0.4, 0.5) is 0 Å². The number of esters is 1. The van der Waals surface area contributed by atoms with E-state index in [2.05, 4.69) is 4.99 Å². The molecule has 0 unspecified atom stereocenters. The van der Waals surface area contributed by atoms with Gasteiger partial charge < -0.3 is 4.74 Å². The van der Waals surface area contributed by atoms with E-state index in [1.165, 1.54) is 5.56 Å². The van der Waals surface area contributed by atoms with E-state index in [1.807, 2.05) is 32.0 Å². The zero-order chi connectivity index (χ0) is 16.6. The minimum absolute atomic E-state index is 0.211. The SMILES string of the molecule is Cc1ccc(C2=N/C(=C\c3ccc(Cl)cc3Cl)C(=O)O2)cc1C. The summed E-state index contributed by atoms with van der Waals surface area (Å²) in [4.78, 5) is 16.3. The van der Waals surface area contributed by atoms with Gasteiger partial charge in [-0.05, 0) is 60.9 Å². The molecule has 3 nitrogen and oxygen atoms in total. The van der Waals surface area contributed by atoms with Crippen molar-refractivity contribution in [3.8, 4) is 0 Å². The summed E-state index contributed by atoms with van der Waals surface area (Å²) in [7, 11) is 0. The number of hydrogen-bond acceptors (Lipinski definition) is 3. The second-order valence-corrected chi connectivity index (χ2v) is 6.14. The maximum absolute atomic E-state index is 12.0. The molecule has 0 fully saturated rings. The summed E-state index contributed by atoms with van der Waals surface area (Å²) in [5.74, 6) is -0.196. The molecule has 0 aliphatic carbocycles. The number of benzene rings is 2. The van der Waals surface area contributed by atoms with Gasteiger partial charge in [0.05, 0.1) is 0 Å². The van der Waals surface area contributed by atoms with Crippen molar-refractivity contribution in [3.05, 3.63) is 74.4 Å². The van der Waals surface area contributed by atoms with Crippen LogP contribution in [-0.2, 0) is 9.53 Å². The predicted octanol–water partition coefficient (Wildman–Crippen LogP) is 4.95. The summed E-state index contributed by atoms with van der Waals surface area (Å²) in [6, 6.07) is 10.8. The molecule has 0 N–H and O–H groups in total. The van der Waals surface area contributed by atoms with Crippen molar-refractivity contribution >= 4 is 41.1 Å². The Balaban J connectivity index is 1.97. The molecule has 23 heavy (non-hydrogen) atoms. The molecule has 3 rings (SSSR count). The first-order valence-corrected chi connectivity index (χ1v) is 7.75. The number of rotatable bonds is 2. The van der Waals surface area contributed by atoms with Crippen LogP contribution in [0, 0.1) is 13.8 Å². The van der Waals surface area contributed by atoms with Gasteiger partial charge in [0.25, 0.3) is 0 Å². The Morgan fingerprint density at radius 2 is 1.83 bits per heavy atom. The standard InChI is InChI=1S/C18H13Cl2NO2/c1-10-3-4-13(7-11(10)2)17-21-16(18(22)23-17)8-12-5-6-14(19)9-15(12)20/h3-9H,1-2H3/b16-8-. The average molecular weight is 346 g/mol. The summed E-state index contributed by atoms with van der Waals surface area (Å²) in [5, 5.41) is 0.984. The molecule has 0 radical (unpaired) electrons. The van der Waals surface area contributed by atoms with E-state index in [9.17, 15) is 4.79 Å². The van der Waals surface area contributed by atoms with E-state index >= 15 is 0 Å². The maximum Gasteiger partial charge on any atom is 0.363 e. The first kappa shape index (κ1) is 15.8. The lowest BCUT2D eigenvalue weighted by Crippen LogP contribution is -2.05. The van der Waals surface area contributed by atoms with E-state index in [-0.39, 0.29) is 5.70 Å². The van der Waals surface area contributed by atoms with Crippen LogP contribution in [0.25, 0.3) is 6.08 Å². The van der Waals surface area contributed by atoms with E-state index in [0.717, 1.165) is 11.1 Å². The zero-order valence-corrected chi connectivity index (χ0v) is 14.1. The average Bonchev–Trinajstić information content (AvgIpc) is 2.86. The summed E-state index contributed by atoms with van der Waals surface area (Å²) in [6.07, 6.45) is 1.59. The Labute approximate surface area is 144 Å². The molecular formula is C18H13Cl2NO2. The Hall–Kier alpha value is -2.10. The van der Waals surface area contributed by atoms with Crippen LogP contribution < -0.4 is 0 Å². The highest BCUT2D eigenvalue weighted by atomic mass is 35.5. The van der Waals surface area contributed by atoms with Crippen molar-refractivity contribution in [1.82, 2.24) is 0 Å². The third kappa shape index (κ3) is 3.31. The Kier molecular flexibility index (Phi) is 4.24. The van der Waals surface area contributed by atoms with Crippen molar-refractivity contribution < 1.29 is 9.53 Å². The molecular weight excluding hydrogens is 333 g/mol. The summed E-state index contributed by atoms with van der Waals surface area (Å²) in [6.45, 7) is 4.02. The molecule has 0 aromatic heterocycles. The normalized spacial score (nSPS) is 15.7. The number of cyclic esters (lactones) is 1. The molecule has 1 heterocycles. The largest absolute Gasteiger partial charge is 0.402 e. The Bertz CT molecular complexity index is 869. The number of aryl methyl sites for hydroxylation is 2. The highest BCUT2D eigenvalue weighted by Gasteiger charge is 2.24. The van der Waals surface area contributed by atoms with Crippen LogP contribution in [0.5, 0.6) is 0 Å². The fraction of sp³-hybridized carbons (Fsp3) is 0.111. The van der Waals surface area contributed by atoms with Crippen LogP contribution in [0.3, 0.4) is 0 Å². The van der Waals surface area contributed by atoms with Gasteiger partial charge in [-0.2, -0.15) is 0 Å². The lowest BCUT2D eigenvalue weighted by Gasteiger charge is -2.03. The molecule has 1 aliphatic rings. The van der Waals surface area contributed by atoms with E-state index < -0.39 is 5.97 Å². The summed E-state index contributed by atoms with van der Waals surface area (Å²) in [5.41, 5.74) is 3.92. The van der Waals surface area contributed by atoms with Gasteiger partial charge in [-0.25, -0.2) is 9.79 Å². The molecule has 2 aromatic carbocycles. The number of nitrogens with zero attached hydrogens (tertiary/aromatic N) is 1. The molecule has 0 atom stereocenters. The van der Waals surface area contributed by atoms with Gasteiger partial charge in [-0.1, -0.05) is 35.3 Å². The molecule has 0 bridgehead atoms. The first-order valence-electron chi connectivity index (χ1n) is 6.99. The Morgan fingerprint density at radius 3 is 2.52 bits per heavy atom. The minimum atomic E-state index is -0.496. The van der Waals surface area contributed by atoms with Gasteiger partial charge in [0.15, 0.2) is 5.70 Å². The van der Waals surface area contributed by atoms with E-state index in [1.54, 1.807) is 24.3 Å². The lowest BCUT2D eigenvalue weighted by molar-refractivity contribution is -0.129. The number of hydrogen-bond donors (Lipinski definition) is 0. The van der Waals surface area contributed by atoms with Gasteiger partial charge in [0, 0.05) is 15.6 Å². The quantitative estimate of drug-likeness (QED) is 0.570.